The van der Waals surface area contributed by atoms with Crippen molar-refractivity contribution in [2.24, 2.45) is 5.92 Å². The van der Waals surface area contributed by atoms with Gasteiger partial charge in [-0.25, -0.2) is 4.68 Å². The summed E-state index contributed by atoms with van der Waals surface area (Å²) >= 11 is 0. The van der Waals surface area contributed by atoms with Crippen molar-refractivity contribution in [3.05, 3.63) is 48.3 Å². The molecular formula is C16H21N3O. The Morgan fingerprint density at radius 3 is 2.75 bits per heavy atom. The van der Waals surface area contributed by atoms with E-state index in [1.165, 1.54) is 5.56 Å². The molecule has 2 aromatic rings. The third-order valence-electron chi connectivity index (χ3n) is 4.06. The van der Waals surface area contributed by atoms with Gasteiger partial charge in [-0.2, -0.15) is 5.10 Å². The Labute approximate surface area is 119 Å². The molecule has 2 unspecified atom stereocenters. The van der Waals surface area contributed by atoms with Gasteiger partial charge in [0.2, 0.25) is 0 Å². The quantitative estimate of drug-likeness (QED) is 0.876. The molecule has 1 fully saturated rings. The van der Waals surface area contributed by atoms with Gasteiger partial charge in [-0.3, -0.25) is 0 Å². The first-order valence-corrected chi connectivity index (χ1v) is 7.30. The lowest BCUT2D eigenvalue weighted by atomic mass is 10.1. The summed E-state index contributed by atoms with van der Waals surface area (Å²) < 4.78 is 1.85. The number of benzene rings is 1. The zero-order valence-electron chi connectivity index (χ0n) is 11.6. The van der Waals surface area contributed by atoms with Crippen molar-refractivity contribution >= 4 is 0 Å². The second-order valence-electron chi connectivity index (χ2n) is 5.51. The van der Waals surface area contributed by atoms with Crippen molar-refractivity contribution in [2.45, 2.75) is 31.9 Å². The van der Waals surface area contributed by atoms with Crippen LogP contribution in [0, 0.1) is 5.92 Å². The Kier molecular flexibility index (Phi) is 4.14. The number of aliphatic hydroxyl groups excluding tert-OH is 1. The zero-order valence-corrected chi connectivity index (χ0v) is 11.6. The minimum absolute atomic E-state index is 0.107. The van der Waals surface area contributed by atoms with Crippen molar-refractivity contribution in [2.75, 3.05) is 6.54 Å². The number of hydrogen-bond donors (Lipinski definition) is 2. The first-order chi connectivity index (χ1) is 9.83. The lowest BCUT2D eigenvalue weighted by molar-refractivity contribution is 0.131. The fourth-order valence-corrected chi connectivity index (χ4v) is 2.85. The van der Waals surface area contributed by atoms with Gasteiger partial charge in [0.15, 0.2) is 0 Å². The van der Waals surface area contributed by atoms with E-state index in [0.29, 0.717) is 5.92 Å². The van der Waals surface area contributed by atoms with Crippen LogP contribution in [0.4, 0.5) is 0 Å². The number of nitrogens with zero attached hydrogens (tertiary/aromatic N) is 2. The van der Waals surface area contributed by atoms with Crippen LogP contribution in [0.1, 0.15) is 24.8 Å². The van der Waals surface area contributed by atoms with E-state index in [-0.39, 0.29) is 6.10 Å². The normalized spacial score (nSPS) is 22.2. The molecule has 1 aliphatic carbocycles. The Hall–Kier alpha value is -1.65. The second-order valence-corrected chi connectivity index (χ2v) is 5.51. The first kappa shape index (κ1) is 13.3. The van der Waals surface area contributed by atoms with Crippen LogP contribution >= 0.6 is 0 Å². The molecule has 0 saturated heterocycles. The lowest BCUT2D eigenvalue weighted by Crippen LogP contribution is -2.27. The van der Waals surface area contributed by atoms with Crippen LogP contribution in [0.5, 0.6) is 0 Å². The second kappa shape index (κ2) is 6.20. The first-order valence-electron chi connectivity index (χ1n) is 7.30. The average Bonchev–Trinajstić information content (AvgIpc) is 3.12. The summed E-state index contributed by atoms with van der Waals surface area (Å²) in [5, 5.41) is 17.4. The largest absolute Gasteiger partial charge is 0.393 e. The predicted octanol–water partition coefficient (Wildman–Crippen LogP) is 2.12. The van der Waals surface area contributed by atoms with Gasteiger partial charge < -0.3 is 10.4 Å². The SMILES string of the molecule is OC1CCCC1CNCc1ccc(-n2cccn2)cc1. The lowest BCUT2D eigenvalue weighted by Gasteiger charge is -2.15. The molecule has 3 rings (SSSR count). The van der Waals surface area contributed by atoms with Crippen LogP contribution in [-0.4, -0.2) is 27.5 Å². The molecule has 106 valence electrons. The fourth-order valence-electron chi connectivity index (χ4n) is 2.85. The van der Waals surface area contributed by atoms with E-state index in [4.69, 9.17) is 0 Å². The molecule has 4 heteroatoms. The molecule has 2 atom stereocenters. The van der Waals surface area contributed by atoms with Crippen molar-refractivity contribution in [3.8, 4) is 5.69 Å². The van der Waals surface area contributed by atoms with E-state index in [9.17, 15) is 5.11 Å². The van der Waals surface area contributed by atoms with Gasteiger partial charge in [0.05, 0.1) is 11.8 Å². The third-order valence-corrected chi connectivity index (χ3v) is 4.06. The Morgan fingerprint density at radius 1 is 1.25 bits per heavy atom. The highest BCUT2D eigenvalue weighted by Gasteiger charge is 2.24. The van der Waals surface area contributed by atoms with E-state index in [1.54, 1.807) is 6.20 Å². The van der Waals surface area contributed by atoms with Gasteiger partial charge in [0.25, 0.3) is 0 Å². The van der Waals surface area contributed by atoms with Crippen LogP contribution in [0.25, 0.3) is 5.69 Å². The molecular weight excluding hydrogens is 250 g/mol. The fraction of sp³-hybridized carbons (Fsp3) is 0.438. The van der Waals surface area contributed by atoms with Gasteiger partial charge in [0, 0.05) is 25.5 Å². The van der Waals surface area contributed by atoms with E-state index in [0.717, 1.165) is 38.0 Å². The number of rotatable bonds is 5. The monoisotopic (exact) mass is 271 g/mol. The van der Waals surface area contributed by atoms with E-state index >= 15 is 0 Å². The average molecular weight is 271 g/mol. The highest BCUT2D eigenvalue weighted by atomic mass is 16.3. The minimum Gasteiger partial charge on any atom is -0.393 e. The Morgan fingerprint density at radius 2 is 2.10 bits per heavy atom. The van der Waals surface area contributed by atoms with Gasteiger partial charge >= 0.3 is 0 Å². The summed E-state index contributed by atoms with van der Waals surface area (Å²) in [6, 6.07) is 10.3. The molecule has 1 heterocycles. The highest BCUT2D eigenvalue weighted by Crippen LogP contribution is 2.24. The van der Waals surface area contributed by atoms with E-state index in [2.05, 4.69) is 34.7 Å². The smallest absolute Gasteiger partial charge is 0.0645 e. The molecule has 20 heavy (non-hydrogen) atoms. The number of hydrogen-bond acceptors (Lipinski definition) is 3. The molecule has 1 aromatic carbocycles. The number of aromatic nitrogens is 2. The van der Waals surface area contributed by atoms with E-state index < -0.39 is 0 Å². The zero-order chi connectivity index (χ0) is 13.8. The van der Waals surface area contributed by atoms with Crippen LogP contribution in [0.2, 0.25) is 0 Å². The summed E-state index contributed by atoms with van der Waals surface area (Å²) in [7, 11) is 0. The molecule has 0 aliphatic heterocycles. The summed E-state index contributed by atoms with van der Waals surface area (Å²) in [6.07, 6.45) is 6.88. The molecule has 1 aliphatic rings. The summed E-state index contributed by atoms with van der Waals surface area (Å²) in [4.78, 5) is 0. The van der Waals surface area contributed by atoms with Gasteiger partial charge in [-0.05, 0) is 42.5 Å². The minimum atomic E-state index is -0.107. The molecule has 1 aromatic heterocycles. The van der Waals surface area contributed by atoms with E-state index in [1.807, 2.05) is 16.9 Å². The maximum atomic E-state index is 9.78. The Balaban J connectivity index is 1.51. The number of aliphatic hydroxyl groups is 1. The predicted molar refractivity (Wildman–Crippen MR) is 78.6 cm³/mol. The topological polar surface area (TPSA) is 50.1 Å². The van der Waals surface area contributed by atoms with Gasteiger partial charge in [-0.15, -0.1) is 0 Å². The molecule has 0 radical (unpaired) electrons. The van der Waals surface area contributed by atoms with Crippen LogP contribution in [-0.2, 0) is 6.54 Å². The van der Waals surface area contributed by atoms with Crippen molar-refractivity contribution in [1.29, 1.82) is 0 Å². The molecule has 0 amide bonds. The van der Waals surface area contributed by atoms with Crippen LogP contribution in [0.3, 0.4) is 0 Å². The summed E-state index contributed by atoms with van der Waals surface area (Å²) in [5.74, 6) is 0.429. The van der Waals surface area contributed by atoms with Crippen molar-refractivity contribution in [3.63, 3.8) is 0 Å². The summed E-state index contributed by atoms with van der Waals surface area (Å²) in [5.41, 5.74) is 2.33. The summed E-state index contributed by atoms with van der Waals surface area (Å²) in [6.45, 7) is 1.75. The van der Waals surface area contributed by atoms with Gasteiger partial charge in [-0.1, -0.05) is 18.6 Å². The van der Waals surface area contributed by atoms with Crippen molar-refractivity contribution < 1.29 is 5.11 Å². The van der Waals surface area contributed by atoms with Gasteiger partial charge in [0.1, 0.15) is 0 Å². The molecule has 0 bridgehead atoms. The Bertz CT molecular complexity index is 521. The maximum Gasteiger partial charge on any atom is 0.0645 e. The molecule has 2 N–H and O–H groups in total. The maximum absolute atomic E-state index is 9.78. The van der Waals surface area contributed by atoms with Crippen LogP contribution in [0.15, 0.2) is 42.7 Å². The third kappa shape index (κ3) is 3.08. The molecule has 4 nitrogen and oxygen atoms in total. The molecule has 1 saturated carbocycles. The standard InChI is InChI=1S/C16H21N3O/c20-16-4-1-3-14(16)12-17-11-13-5-7-15(8-6-13)19-10-2-9-18-19/h2,5-10,14,16-17,20H,1,3-4,11-12H2. The molecule has 0 spiro atoms. The van der Waals surface area contributed by atoms with Crippen LogP contribution < -0.4 is 5.32 Å². The van der Waals surface area contributed by atoms with Crippen molar-refractivity contribution in [1.82, 2.24) is 15.1 Å². The highest BCUT2D eigenvalue weighted by molar-refractivity contribution is 5.33. The number of nitrogens with one attached hydrogen (secondary N) is 1.